The quantitative estimate of drug-likeness (QED) is 0.742. The summed E-state index contributed by atoms with van der Waals surface area (Å²) in [4.78, 5) is 36.6. The van der Waals surface area contributed by atoms with Gasteiger partial charge in [-0.05, 0) is 20.8 Å². The predicted molar refractivity (Wildman–Crippen MR) is 77.1 cm³/mol. The van der Waals surface area contributed by atoms with Gasteiger partial charge in [0.05, 0.1) is 32.3 Å². The lowest BCUT2D eigenvalue weighted by molar-refractivity contribution is -0.147. The molecule has 1 aliphatic rings. The van der Waals surface area contributed by atoms with Crippen LogP contribution in [0, 0.1) is 5.92 Å². The highest BCUT2D eigenvalue weighted by molar-refractivity contribution is 5.84. The van der Waals surface area contributed by atoms with Crippen molar-refractivity contribution in [1.29, 1.82) is 0 Å². The third-order valence-electron chi connectivity index (χ3n) is 3.07. The first kappa shape index (κ1) is 18.2. The molecule has 0 radical (unpaired) electrons. The number of ether oxygens (including phenoxy) is 3. The molecule has 0 aliphatic carbocycles. The van der Waals surface area contributed by atoms with Gasteiger partial charge in [-0.3, -0.25) is 9.59 Å². The van der Waals surface area contributed by atoms with Gasteiger partial charge in [0.2, 0.25) is 5.91 Å². The fourth-order valence-electron chi connectivity index (χ4n) is 2.02. The standard InChI is InChI=1S/C14H24N2O6/c1-14(2,3)22-13(19)15-10-8-21-7-9(10)12(18)16(4)6-11(17)20-5/h9-10H,6-8H2,1-5H3,(H,15,19). The Morgan fingerprint density at radius 2 is 1.91 bits per heavy atom. The Balaban J connectivity index is 2.60. The van der Waals surface area contributed by atoms with Gasteiger partial charge in [0.1, 0.15) is 12.1 Å². The maximum atomic E-state index is 12.3. The molecule has 2 amide bonds. The van der Waals surface area contributed by atoms with E-state index in [0.717, 1.165) is 0 Å². The zero-order valence-electron chi connectivity index (χ0n) is 13.7. The zero-order chi connectivity index (χ0) is 16.9. The van der Waals surface area contributed by atoms with E-state index in [1.54, 1.807) is 20.8 Å². The molecule has 22 heavy (non-hydrogen) atoms. The topological polar surface area (TPSA) is 94.2 Å². The molecule has 0 saturated carbocycles. The summed E-state index contributed by atoms with van der Waals surface area (Å²) in [5.74, 6) is -1.35. The Morgan fingerprint density at radius 3 is 2.45 bits per heavy atom. The van der Waals surface area contributed by atoms with Crippen LogP contribution in [-0.2, 0) is 23.8 Å². The molecule has 8 heteroatoms. The number of alkyl carbamates (subject to hydrolysis) is 1. The van der Waals surface area contributed by atoms with Crippen LogP contribution in [0.3, 0.4) is 0 Å². The SMILES string of the molecule is COC(=O)CN(C)C(=O)C1COCC1NC(=O)OC(C)(C)C. The van der Waals surface area contributed by atoms with Crippen molar-refractivity contribution in [3.8, 4) is 0 Å². The van der Waals surface area contributed by atoms with Crippen molar-refractivity contribution in [2.24, 2.45) is 5.92 Å². The van der Waals surface area contributed by atoms with Gasteiger partial charge >= 0.3 is 12.1 Å². The van der Waals surface area contributed by atoms with Crippen molar-refractivity contribution in [3.05, 3.63) is 0 Å². The average molecular weight is 316 g/mol. The maximum Gasteiger partial charge on any atom is 0.407 e. The Morgan fingerprint density at radius 1 is 1.27 bits per heavy atom. The first-order valence-electron chi connectivity index (χ1n) is 7.03. The van der Waals surface area contributed by atoms with Crippen LogP contribution in [0.2, 0.25) is 0 Å². The summed E-state index contributed by atoms with van der Waals surface area (Å²) in [6.45, 7) is 5.52. The number of carbonyl (C=O) groups is 3. The number of hydrogen-bond acceptors (Lipinski definition) is 6. The van der Waals surface area contributed by atoms with E-state index in [1.165, 1.54) is 19.1 Å². The second kappa shape index (κ2) is 7.44. The van der Waals surface area contributed by atoms with Gasteiger partial charge in [-0.15, -0.1) is 0 Å². The zero-order valence-corrected chi connectivity index (χ0v) is 13.7. The molecule has 1 saturated heterocycles. The molecular weight excluding hydrogens is 292 g/mol. The van der Waals surface area contributed by atoms with Crippen LogP contribution in [0.25, 0.3) is 0 Å². The summed E-state index contributed by atoms with van der Waals surface area (Å²) in [7, 11) is 2.76. The normalized spacial score (nSPS) is 21.1. The van der Waals surface area contributed by atoms with E-state index in [-0.39, 0.29) is 25.7 Å². The number of hydrogen-bond donors (Lipinski definition) is 1. The van der Waals surface area contributed by atoms with Crippen LogP contribution in [0.5, 0.6) is 0 Å². The minimum Gasteiger partial charge on any atom is -0.468 e. The van der Waals surface area contributed by atoms with Crippen molar-refractivity contribution in [2.45, 2.75) is 32.4 Å². The first-order chi connectivity index (χ1) is 10.1. The number of amides is 2. The third kappa shape index (κ3) is 5.51. The number of likely N-dealkylation sites (N-methyl/N-ethyl adjacent to an activating group) is 1. The maximum absolute atomic E-state index is 12.3. The van der Waals surface area contributed by atoms with E-state index < -0.39 is 29.6 Å². The second-order valence-electron chi connectivity index (χ2n) is 6.17. The van der Waals surface area contributed by atoms with E-state index >= 15 is 0 Å². The van der Waals surface area contributed by atoms with Crippen LogP contribution in [-0.4, -0.2) is 68.4 Å². The first-order valence-corrected chi connectivity index (χ1v) is 7.03. The molecule has 0 aromatic heterocycles. The number of nitrogens with zero attached hydrogens (tertiary/aromatic N) is 1. The van der Waals surface area contributed by atoms with Crippen molar-refractivity contribution in [2.75, 3.05) is 33.9 Å². The smallest absolute Gasteiger partial charge is 0.407 e. The van der Waals surface area contributed by atoms with E-state index in [1.807, 2.05) is 0 Å². The van der Waals surface area contributed by atoms with Gasteiger partial charge in [-0.1, -0.05) is 0 Å². The number of nitrogens with one attached hydrogen (secondary N) is 1. The fourth-order valence-corrected chi connectivity index (χ4v) is 2.02. The van der Waals surface area contributed by atoms with Gasteiger partial charge in [-0.2, -0.15) is 0 Å². The summed E-state index contributed by atoms with van der Waals surface area (Å²) >= 11 is 0. The number of carbonyl (C=O) groups excluding carboxylic acids is 3. The Labute approximate surface area is 130 Å². The van der Waals surface area contributed by atoms with Crippen LogP contribution in [0.15, 0.2) is 0 Å². The fraction of sp³-hybridized carbons (Fsp3) is 0.786. The lowest BCUT2D eigenvalue weighted by Gasteiger charge is -2.25. The van der Waals surface area contributed by atoms with Crippen LogP contribution in [0.4, 0.5) is 4.79 Å². The molecule has 2 atom stereocenters. The molecule has 1 rings (SSSR count). The molecular formula is C14H24N2O6. The molecule has 1 fully saturated rings. The van der Waals surface area contributed by atoms with Gasteiger partial charge in [0.25, 0.3) is 0 Å². The molecule has 0 aromatic rings. The summed E-state index contributed by atoms with van der Waals surface area (Å²) in [5.41, 5.74) is -0.620. The summed E-state index contributed by atoms with van der Waals surface area (Å²) in [5, 5.41) is 2.64. The van der Waals surface area contributed by atoms with E-state index in [0.29, 0.717) is 0 Å². The lowest BCUT2D eigenvalue weighted by Crippen LogP contribution is -2.48. The summed E-state index contributed by atoms with van der Waals surface area (Å²) in [6.07, 6.45) is -0.601. The molecule has 0 spiro atoms. The highest BCUT2D eigenvalue weighted by atomic mass is 16.6. The van der Waals surface area contributed by atoms with Crippen molar-refractivity contribution >= 4 is 18.0 Å². The number of rotatable bonds is 4. The highest BCUT2D eigenvalue weighted by Gasteiger charge is 2.37. The molecule has 8 nitrogen and oxygen atoms in total. The predicted octanol–water partition coefficient (Wildman–Crippen LogP) is 0.158. The number of esters is 1. The minimum absolute atomic E-state index is 0.148. The van der Waals surface area contributed by atoms with Gasteiger partial charge < -0.3 is 24.4 Å². The summed E-state index contributed by atoms with van der Waals surface area (Å²) in [6, 6.07) is -0.484. The van der Waals surface area contributed by atoms with Crippen molar-refractivity contribution < 1.29 is 28.6 Å². The lowest BCUT2D eigenvalue weighted by atomic mass is 10.0. The Bertz CT molecular complexity index is 432. The monoisotopic (exact) mass is 316 g/mol. The van der Waals surface area contributed by atoms with Crippen LogP contribution >= 0.6 is 0 Å². The molecule has 2 unspecified atom stereocenters. The second-order valence-corrected chi connectivity index (χ2v) is 6.17. The van der Waals surface area contributed by atoms with E-state index in [9.17, 15) is 14.4 Å². The Kier molecular flexibility index (Phi) is 6.16. The highest BCUT2D eigenvalue weighted by Crippen LogP contribution is 2.17. The molecule has 1 N–H and O–H groups in total. The number of methoxy groups -OCH3 is 1. The molecule has 0 aromatic carbocycles. The minimum atomic E-state index is -0.620. The van der Waals surface area contributed by atoms with E-state index in [4.69, 9.17) is 9.47 Å². The molecule has 1 heterocycles. The average Bonchev–Trinajstić information content (AvgIpc) is 2.83. The van der Waals surface area contributed by atoms with Crippen molar-refractivity contribution in [3.63, 3.8) is 0 Å². The van der Waals surface area contributed by atoms with Crippen LogP contribution in [0.1, 0.15) is 20.8 Å². The van der Waals surface area contributed by atoms with Gasteiger partial charge in [-0.25, -0.2) is 4.79 Å². The molecule has 126 valence electrons. The van der Waals surface area contributed by atoms with Gasteiger partial charge in [0, 0.05) is 7.05 Å². The molecule has 1 aliphatic heterocycles. The Hall–Kier alpha value is -1.83. The van der Waals surface area contributed by atoms with Crippen molar-refractivity contribution in [1.82, 2.24) is 10.2 Å². The van der Waals surface area contributed by atoms with Gasteiger partial charge in [0.15, 0.2) is 0 Å². The third-order valence-corrected chi connectivity index (χ3v) is 3.07. The molecule has 0 bridgehead atoms. The summed E-state index contributed by atoms with van der Waals surface area (Å²) < 4.78 is 15.0. The largest absolute Gasteiger partial charge is 0.468 e. The van der Waals surface area contributed by atoms with Crippen LogP contribution < -0.4 is 5.32 Å². The van der Waals surface area contributed by atoms with E-state index in [2.05, 4.69) is 10.1 Å².